The van der Waals surface area contributed by atoms with Gasteiger partial charge in [0.05, 0.1) is 0 Å². The molecule has 0 radical (unpaired) electrons. The molecular weight excluding hydrogens is 367 g/mol. The first-order valence-corrected chi connectivity index (χ1v) is 8.78. The van der Waals surface area contributed by atoms with E-state index in [2.05, 4.69) is 28.2 Å². The molecule has 12 heteroatoms. The summed E-state index contributed by atoms with van der Waals surface area (Å²) in [6.07, 6.45) is -4.61. The maximum atomic E-state index is 11.4. The molecule has 0 atom stereocenters. The van der Waals surface area contributed by atoms with Crippen molar-refractivity contribution in [2.75, 3.05) is 26.3 Å². The van der Waals surface area contributed by atoms with Gasteiger partial charge in [-0.2, -0.15) is 26.3 Å². The molecule has 0 aromatic heterocycles. The van der Waals surface area contributed by atoms with E-state index in [1.54, 1.807) is 0 Å². The smallest absolute Gasteiger partial charge is 0.317 e. The van der Waals surface area contributed by atoms with Crippen LogP contribution in [0.5, 0.6) is 0 Å². The van der Waals surface area contributed by atoms with Crippen LogP contribution in [0.1, 0.15) is 39.5 Å². The SMILES string of the molecule is CCCCNCCCC.O=P(O)(OCC(F)(F)F)OCC(F)(F)F. The van der Waals surface area contributed by atoms with E-state index in [1.807, 2.05) is 0 Å². The van der Waals surface area contributed by atoms with Crippen molar-refractivity contribution in [3.05, 3.63) is 0 Å². The average Bonchev–Trinajstić information content (AvgIpc) is 2.43. The molecule has 0 aliphatic rings. The van der Waals surface area contributed by atoms with Crippen molar-refractivity contribution in [3.8, 4) is 0 Å². The van der Waals surface area contributed by atoms with Gasteiger partial charge < -0.3 is 10.2 Å². The summed E-state index contributed by atoms with van der Waals surface area (Å²) in [5.74, 6) is 0. The van der Waals surface area contributed by atoms with Gasteiger partial charge in [-0.1, -0.05) is 26.7 Å². The van der Waals surface area contributed by atoms with Crippen molar-refractivity contribution in [1.29, 1.82) is 0 Å². The highest BCUT2D eigenvalue weighted by Crippen LogP contribution is 2.45. The zero-order valence-electron chi connectivity index (χ0n) is 13.5. The van der Waals surface area contributed by atoms with Crippen molar-refractivity contribution >= 4 is 7.82 Å². The molecule has 0 saturated carbocycles. The first kappa shape index (κ1) is 25.9. The fourth-order valence-electron chi connectivity index (χ4n) is 1.08. The zero-order chi connectivity index (χ0) is 19.3. The molecule has 0 saturated heterocycles. The zero-order valence-corrected chi connectivity index (χ0v) is 14.4. The van der Waals surface area contributed by atoms with E-state index < -0.39 is 33.4 Å². The number of nitrogens with one attached hydrogen (secondary N) is 1. The lowest BCUT2D eigenvalue weighted by molar-refractivity contribution is -0.169. The summed E-state index contributed by atoms with van der Waals surface area (Å²) in [7, 11) is -5.33. The Morgan fingerprint density at radius 1 is 0.875 bits per heavy atom. The summed E-state index contributed by atoms with van der Waals surface area (Å²) in [5.41, 5.74) is 0. The van der Waals surface area contributed by atoms with Gasteiger partial charge in [-0.25, -0.2) is 4.57 Å². The van der Waals surface area contributed by atoms with Gasteiger partial charge >= 0.3 is 20.2 Å². The lowest BCUT2D eigenvalue weighted by Crippen LogP contribution is -2.19. The normalized spacial score (nSPS) is 12.7. The van der Waals surface area contributed by atoms with E-state index in [4.69, 9.17) is 4.89 Å². The first-order valence-electron chi connectivity index (χ1n) is 7.29. The molecule has 0 amide bonds. The van der Waals surface area contributed by atoms with E-state index in [1.165, 1.54) is 38.8 Å². The monoisotopic (exact) mass is 391 g/mol. The van der Waals surface area contributed by atoms with Gasteiger partial charge in [0, 0.05) is 0 Å². The van der Waals surface area contributed by atoms with Crippen LogP contribution in [0.2, 0.25) is 0 Å². The van der Waals surface area contributed by atoms with E-state index in [9.17, 15) is 30.9 Å². The van der Waals surface area contributed by atoms with Crippen LogP contribution in [0.15, 0.2) is 0 Å². The van der Waals surface area contributed by atoms with Crippen molar-refractivity contribution < 1.29 is 44.8 Å². The third-order valence-corrected chi connectivity index (χ3v) is 3.11. The number of phosphoric acid groups is 1. The predicted octanol–water partition coefficient (Wildman–Crippen LogP) is 4.42. The average molecular weight is 391 g/mol. The second-order valence-corrected chi connectivity index (χ2v) is 6.16. The molecule has 0 rings (SSSR count). The van der Waals surface area contributed by atoms with Gasteiger partial charge in [0.2, 0.25) is 0 Å². The molecule has 0 heterocycles. The van der Waals surface area contributed by atoms with Gasteiger partial charge in [0.1, 0.15) is 0 Å². The van der Waals surface area contributed by atoms with Gasteiger partial charge in [-0.3, -0.25) is 9.05 Å². The molecule has 0 fully saturated rings. The Balaban J connectivity index is 0. The minimum atomic E-state index is -5.33. The lowest BCUT2D eigenvalue weighted by Gasteiger charge is -2.14. The fourth-order valence-corrected chi connectivity index (χ4v) is 1.77. The Morgan fingerprint density at radius 3 is 1.46 bits per heavy atom. The summed E-state index contributed by atoms with van der Waals surface area (Å²) < 4.78 is 85.5. The number of unbranched alkanes of at least 4 members (excludes halogenated alkanes) is 2. The fraction of sp³-hybridized carbons (Fsp3) is 1.00. The largest absolute Gasteiger partial charge is 0.472 e. The van der Waals surface area contributed by atoms with Gasteiger partial charge in [-0.15, -0.1) is 0 Å². The Kier molecular flexibility index (Phi) is 14.0. The third-order valence-electron chi connectivity index (χ3n) is 2.20. The predicted molar refractivity (Wildman–Crippen MR) is 76.5 cm³/mol. The third kappa shape index (κ3) is 23.9. The highest BCUT2D eigenvalue weighted by atomic mass is 31.2. The maximum absolute atomic E-state index is 11.4. The van der Waals surface area contributed by atoms with Gasteiger partial charge in [0.15, 0.2) is 13.2 Å². The Bertz CT molecular complexity index is 323. The number of rotatable bonds is 10. The molecule has 0 aromatic rings. The summed E-state index contributed by atoms with van der Waals surface area (Å²) in [6, 6.07) is 0. The van der Waals surface area contributed by atoms with Crippen molar-refractivity contribution in [1.82, 2.24) is 5.32 Å². The molecule has 0 aromatic carbocycles. The molecular formula is C12H24F6NO4P. The second-order valence-electron chi connectivity index (χ2n) is 4.70. The summed E-state index contributed by atoms with van der Waals surface area (Å²) in [4.78, 5) is 8.35. The highest BCUT2D eigenvalue weighted by Gasteiger charge is 2.37. The second kappa shape index (κ2) is 12.9. The van der Waals surface area contributed by atoms with Crippen LogP contribution in [-0.2, 0) is 13.6 Å². The van der Waals surface area contributed by atoms with Crippen LogP contribution in [0.4, 0.5) is 26.3 Å². The Morgan fingerprint density at radius 2 is 1.21 bits per heavy atom. The highest BCUT2D eigenvalue weighted by molar-refractivity contribution is 7.47. The van der Waals surface area contributed by atoms with Crippen molar-refractivity contribution in [2.24, 2.45) is 0 Å². The first-order chi connectivity index (χ1) is 10.8. The molecule has 0 aliphatic carbocycles. The number of alkyl halides is 6. The van der Waals surface area contributed by atoms with E-state index in [0.29, 0.717) is 0 Å². The number of hydrogen-bond donors (Lipinski definition) is 2. The number of halogens is 6. The number of phosphoric ester groups is 1. The molecule has 5 nitrogen and oxygen atoms in total. The molecule has 148 valence electrons. The van der Waals surface area contributed by atoms with Crippen LogP contribution < -0.4 is 5.32 Å². The quantitative estimate of drug-likeness (QED) is 0.328. The van der Waals surface area contributed by atoms with E-state index in [0.717, 1.165) is 0 Å². The minimum absolute atomic E-state index is 1.20. The van der Waals surface area contributed by atoms with Crippen LogP contribution >= 0.6 is 7.82 Å². The minimum Gasteiger partial charge on any atom is -0.317 e. The molecule has 0 unspecified atom stereocenters. The Labute approximate surface area is 137 Å². The molecule has 0 spiro atoms. The molecule has 2 N–H and O–H groups in total. The summed E-state index contributed by atoms with van der Waals surface area (Å²) in [5, 5.41) is 3.39. The standard InChI is InChI=1S/C8H19N.C4H5F6O4P/c1-3-5-7-9-8-6-4-2;5-3(6,7)1-13-15(11,12)14-2-4(8,9)10/h9H,3-8H2,1-2H3;1-2H2,(H,11,12). The Hall–Kier alpha value is -0.350. The maximum Gasteiger partial charge on any atom is 0.472 e. The molecule has 0 bridgehead atoms. The molecule has 0 aliphatic heterocycles. The van der Waals surface area contributed by atoms with Crippen LogP contribution in [0.3, 0.4) is 0 Å². The lowest BCUT2D eigenvalue weighted by atomic mass is 10.3. The topological polar surface area (TPSA) is 67.8 Å². The van der Waals surface area contributed by atoms with Crippen LogP contribution in [0.25, 0.3) is 0 Å². The summed E-state index contributed by atoms with van der Waals surface area (Å²) >= 11 is 0. The molecule has 24 heavy (non-hydrogen) atoms. The number of hydrogen-bond acceptors (Lipinski definition) is 4. The van der Waals surface area contributed by atoms with Gasteiger partial charge in [-0.05, 0) is 25.9 Å². The van der Waals surface area contributed by atoms with E-state index >= 15 is 0 Å². The van der Waals surface area contributed by atoms with Crippen molar-refractivity contribution in [2.45, 2.75) is 51.9 Å². The summed E-state index contributed by atoms with van der Waals surface area (Å²) in [6.45, 7) is 2.52. The van der Waals surface area contributed by atoms with Crippen LogP contribution in [0, 0.1) is 0 Å². The van der Waals surface area contributed by atoms with E-state index in [-0.39, 0.29) is 0 Å². The van der Waals surface area contributed by atoms with Crippen LogP contribution in [-0.4, -0.2) is 43.5 Å². The van der Waals surface area contributed by atoms with Gasteiger partial charge in [0.25, 0.3) is 0 Å². The van der Waals surface area contributed by atoms with Crippen molar-refractivity contribution in [3.63, 3.8) is 0 Å².